The molecule has 8 aliphatic rings. The van der Waals surface area contributed by atoms with Crippen LogP contribution in [0.3, 0.4) is 0 Å². The van der Waals surface area contributed by atoms with Gasteiger partial charge >= 0.3 is 0 Å². The maximum atomic E-state index is 2.54. The van der Waals surface area contributed by atoms with Crippen molar-refractivity contribution in [2.24, 2.45) is 0 Å². The molecule has 0 spiro atoms. The number of rotatable bonds is 11. The van der Waals surface area contributed by atoms with Crippen LogP contribution in [0.25, 0.3) is 44.2 Å². The van der Waals surface area contributed by atoms with E-state index in [1.807, 2.05) is 0 Å². The van der Waals surface area contributed by atoms with Crippen LogP contribution in [0, 0.1) is 0 Å². The van der Waals surface area contributed by atoms with Crippen LogP contribution in [0.1, 0.15) is 0 Å². The molecule has 12 heteroatoms. The van der Waals surface area contributed by atoms with Crippen LogP contribution in [-0.2, 0) is 0 Å². The van der Waals surface area contributed by atoms with Crippen molar-refractivity contribution in [3.63, 3.8) is 0 Å². The molecule has 0 bridgehead atoms. The second-order valence-electron chi connectivity index (χ2n) is 39.2. The molecule has 688 valence electrons. The van der Waals surface area contributed by atoms with E-state index < -0.39 is 0 Å². The fraction of sp³-hybridized carbons (Fsp3) is 0. The molecule has 0 amide bonds. The van der Waals surface area contributed by atoms with Gasteiger partial charge in [-0.3, -0.25) is 0 Å². The Balaban J connectivity index is 0.000000109. The van der Waals surface area contributed by atoms with Crippen molar-refractivity contribution in [1.82, 2.24) is 0 Å². The first kappa shape index (κ1) is 85.7. The summed E-state index contributed by atoms with van der Waals surface area (Å²) in [6.45, 7) is 0.279. The monoisotopic (exact) mass is 1880 g/mol. The van der Waals surface area contributed by atoms with Gasteiger partial charge in [-0.1, -0.05) is 358 Å². The third-order valence-corrected chi connectivity index (χ3v) is 31.2. The number of hydrogen-bond donors (Lipinski definition) is 0. The largest absolute Gasteiger partial charge is 0.311 e. The van der Waals surface area contributed by atoms with Crippen molar-refractivity contribution in [2.45, 2.75) is 0 Å². The molecule has 8 heterocycles. The number of para-hydroxylation sites is 14. The predicted molar refractivity (Wildman–Crippen MR) is 629 cm³/mol. The van der Waals surface area contributed by atoms with Gasteiger partial charge in [0.15, 0.2) is 0 Å². The van der Waals surface area contributed by atoms with Gasteiger partial charge in [-0.25, -0.2) is 0 Å². The maximum absolute atomic E-state index is 2.54. The second-order valence-corrected chi connectivity index (χ2v) is 39.2. The predicted octanol–water partition coefficient (Wildman–Crippen LogP) is 27.5. The highest BCUT2D eigenvalue weighted by Crippen LogP contribution is 2.53. The molecule has 0 atom stereocenters. The van der Waals surface area contributed by atoms with Gasteiger partial charge in [0, 0.05) is 136 Å². The lowest BCUT2D eigenvalue weighted by atomic mass is 9.32. The summed E-state index contributed by atoms with van der Waals surface area (Å²) >= 11 is 0. The average molecular weight is 1880 g/mol. The molecule has 23 aromatic rings. The van der Waals surface area contributed by atoms with Gasteiger partial charge in [-0.05, 0) is 310 Å². The SMILES string of the molecule is c1ccc(-c2cc3c4c(c2)N(c2ccccc2)c2ccccc2B4c2ccccc2N3c2ccccc2)cc1.c1ccc(-c2cccc(-c3cc4c5c(c3)N(c3ccccc3)c3ccccc3B5c3ccccc3N4c3ccccc3)c2)cc1.c1ccc(N2c3ccccc3B3c4cc5ccc6c(c5cc4N(c4ccccc4)c4cccc2c43)B2c3ccccc3N(c3ccccc3)c3cccc(c32)N6c2ccccc2)cc1. The zero-order valence-electron chi connectivity index (χ0n) is 81.0. The molecule has 0 radical (unpaired) electrons. The molecule has 0 N–H and O–H groups in total. The molecular formula is C136H92B4N8. The Kier molecular flexibility index (Phi) is 20.6. The second kappa shape index (κ2) is 35.5. The number of benzene rings is 23. The molecular weight excluding hydrogens is 1790 g/mol. The summed E-state index contributed by atoms with van der Waals surface area (Å²) in [6, 6.07) is 204. The van der Waals surface area contributed by atoms with Gasteiger partial charge in [0.05, 0.1) is 0 Å². The van der Waals surface area contributed by atoms with E-state index in [1.54, 1.807) is 0 Å². The number of anilines is 24. The lowest BCUT2D eigenvalue weighted by molar-refractivity contribution is 1.25. The molecule has 8 aliphatic heterocycles. The average Bonchev–Trinajstić information content (AvgIpc) is 0.687. The van der Waals surface area contributed by atoms with Crippen molar-refractivity contribution < 1.29 is 0 Å². The van der Waals surface area contributed by atoms with E-state index in [-0.39, 0.29) is 26.9 Å². The van der Waals surface area contributed by atoms with Crippen molar-refractivity contribution >= 4 is 240 Å². The zero-order chi connectivity index (χ0) is 97.4. The normalized spacial score (nSPS) is 13.2. The van der Waals surface area contributed by atoms with Crippen LogP contribution >= 0.6 is 0 Å². The Labute approximate surface area is 864 Å². The smallest absolute Gasteiger partial charge is 0.252 e. The van der Waals surface area contributed by atoms with Crippen molar-refractivity contribution in [2.75, 3.05) is 39.2 Å². The molecule has 23 aromatic carbocycles. The summed E-state index contributed by atoms with van der Waals surface area (Å²) in [5.74, 6) is 0. The van der Waals surface area contributed by atoms with Gasteiger partial charge < -0.3 is 39.2 Å². The Morgan fingerprint density at radius 3 is 0.628 bits per heavy atom. The topological polar surface area (TPSA) is 25.9 Å². The fourth-order valence-electron chi connectivity index (χ4n) is 25.2. The van der Waals surface area contributed by atoms with Crippen molar-refractivity contribution in [3.8, 4) is 33.4 Å². The summed E-state index contributed by atoms with van der Waals surface area (Å²) in [5, 5.41) is 2.51. The molecule has 0 unspecified atom stereocenters. The Hall–Kier alpha value is -19.0. The molecule has 0 aromatic heterocycles. The van der Waals surface area contributed by atoms with E-state index in [2.05, 4.69) is 597 Å². The van der Waals surface area contributed by atoms with Crippen LogP contribution in [0.2, 0.25) is 0 Å². The quantitative estimate of drug-likeness (QED) is 0.118. The van der Waals surface area contributed by atoms with Crippen molar-refractivity contribution in [3.05, 3.63) is 558 Å². The molecule has 0 saturated carbocycles. The molecule has 8 nitrogen and oxygen atoms in total. The van der Waals surface area contributed by atoms with Gasteiger partial charge in [0.1, 0.15) is 0 Å². The number of nitrogens with zero attached hydrogens (tertiary/aromatic N) is 8. The van der Waals surface area contributed by atoms with Crippen LogP contribution in [-0.4, -0.2) is 26.9 Å². The third-order valence-electron chi connectivity index (χ3n) is 31.2. The van der Waals surface area contributed by atoms with Gasteiger partial charge in [-0.2, -0.15) is 0 Å². The van der Waals surface area contributed by atoms with E-state index in [9.17, 15) is 0 Å². The molecule has 148 heavy (non-hydrogen) atoms. The Morgan fingerprint density at radius 2 is 0.311 bits per heavy atom. The van der Waals surface area contributed by atoms with E-state index in [4.69, 9.17) is 0 Å². The number of fused-ring (bicyclic) bond motifs is 18. The minimum absolute atomic E-state index is 0.0124. The summed E-state index contributed by atoms with van der Waals surface area (Å²) < 4.78 is 0. The van der Waals surface area contributed by atoms with E-state index >= 15 is 0 Å². The minimum Gasteiger partial charge on any atom is -0.311 e. The zero-order valence-corrected chi connectivity index (χ0v) is 81.0. The van der Waals surface area contributed by atoms with E-state index in [1.165, 1.54) is 212 Å². The maximum Gasteiger partial charge on any atom is 0.252 e. The lowest BCUT2D eigenvalue weighted by Crippen LogP contribution is -2.62. The summed E-state index contributed by atoms with van der Waals surface area (Å²) in [7, 11) is 0. The van der Waals surface area contributed by atoms with E-state index in [0.717, 1.165) is 34.1 Å². The first-order valence-corrected chi connectivity index (χ1v) is 51.3. The van der Waals surface area contributed by atoms with Crippen molar-refractivity contribution in [1.29, 1.82) is 0 Å². The first-order chi connectivity index (χ1) is 73.5. The highest BCUT2D eigenvalue weighted by Gasteiger charge is 2.50. The van der Waals surface area contributed by atoms with Crippen LogP contribution in [0.15, 0.2) is 558 Å². The van der Waals surface area contributed by atoms with E-state index in [0.29, 0.717) is 0 Å². The van der Waals surface area contributed by atoms with Gasteiger partial charge in [0.25, 0.3) is 26.9 Å². The summed E-state index contributed by atoms with van der Waals surface area (Å²) in [5.41, 5.74) is 52.0. The van der Waals surface area contributed by atoms with Crippen LogP contribution < -0.4 is 105 Å². The highest BCUT2D eigenvalue weighted by atomic mass is 15.2. The number of hydrogen-bond acceptors (Lipinski definition) is 8. The Morgan fingerprint density at radius 1 is 0.108 bits per heavy atom. The van der Waals surface area contributed by atoms with Gasteiger partial charge in [-0.15, -0.1) is 0 Å². The summed E-state index contributed by atoms with van der Waals surface area (Å²) in [6.07, 6.45) is 0. The molecule has 0 aliphatic carbocycles. The Bertz CT molecular complexity index is 8880. The molecule has 31 rings (SSSR count). The van der Waals surface area contributed by atoms with Crippen LogP contribution in [0.5, 0.6) is 0 Å². The minimum atomic E-state index is -0.0124. The summed E-state index contributed by atoms with van der Waals surface area (Å²) in [4.78, 5) is 19.8. The standard InChI is InChI=1S/C58H38B2N4.C42H29BN2.C36H25BN2/c1-5-19-40(20-6-1)61-48-29-15-13-27-45(48)59-47-37-39-35-36-54-56(44(39)38-55(47)64(43-25-11-4-12-26-43)51-32-17-31-50(61)57(51)59)60-46-28-14-16-30-49(46)62(41-21-7-2-8-22-41)52-33-18-34-53(58(52)60)63(54)42-23-9-3-10-24-42;1-4-15-30(16-5-1)31-17-14-18-32(27-31)33-28-40-42-41(29-33)45(35-21-8-3-9-22-35)39-26-13-11-24-37(39)43(42)36-23-10-12-25-38(36)44(40)34-19-6-2-7-20-34;1-4-14-26(15-5-1)27-24-34-36-35(25-27)39(29-18-8-3-9-19-29)33-23-13-11-21-31(33)37(36)30-20-10-12-22-32(30)38(34)28-16-6-2-7-17-28/h1-38H;1-29H;1-25H. The van der Waals surface area contributed by atoms with Crippen LogP contribution in [0.4, 0.5) is 136 Å². The van der Waals surface area contributed by atoms with Gasteiger partial charge in [0.2, 0.25) is 0 Å². The third kappa shape index (κ3) is 13.8. The lowest BCUT2D eigenvalue weighted by Gasteiger charge is -2.45. The highest BCUT2D eigenvalue weighted by molar-refractivity contribution is 7.03. The molecule has 0 saturated heterocycles. The molecule has 0 fully saturated rings. The first-order valence-electron chi connectivity index (χ1n) is 51.3. The fourth-order valence-corrected chi connectivity index (χ4v) is 25.2.